The standard InChI is InChI=1S/C31H40N2O2/c1-3-4-6-11-23-20-25-16-17-26(21-23)33(25)19-10-18-32-22-28(31(34)24-12-7-5-8-13-24)27-14-9-15-29(35-2)30(27)32/h5,7-9,12-15,22-23,25-26H,3-4,6,10-11,16-21H2,1-2H3. The minimum Gasteiger partial charge on any atom is -0.495 e. The number of para-hydroxylation sites is 1. The third kappa shape index (κ3) is 5.04. The van der Waals surface area contributed by atoms with Gasteiger partial charge in [-0.05, 0) is 44.1 Å². The summed E-state index contributed by atoms with van der Waals surface area (Å²) < 4.78 is 7.97. The molecule has 0 amide bonds. The van der Waals surface area contributed by atoms with Crippen molar-refractivity contribution in [2.24, 2.45) is 5.92 Å². The molecule has 3 aromatic rings. The van der Waals surface area contributed by atoms with E-state index in [0.29, 0.717) is 0 Å². The first kappa shape index (κ1) is 24.1. The molecule has 35 heavy (non-hydrogen) atoms. The van der Waals surface area contributed by atoms with Gasteiger partial charge in [0, 0.05) is 47.9 Å². The fraction of sp³-hybridized carbons (Fsp3) is 0.516. The van der Waals surface area contributed by atoms with Gasteiger partial charge in [-0.1, -0.05) is 75.1 Å². The molecule has 186 valence electrons. The minimum absolute atomic E-state index is 0.0748. The van der Waals surface area contributed by atoms with Crippen LogP contribution in [0.3, 0.4) is 0 Å². The number of carbonyl (C=O) groups is 1. The van der Waals surface area contributed by atoms with Crippen molar-refractivity contribution in [1.82, 2.24) is 9.47 Å². The maximum absolute atomic E-state index is 13.4. The Balaban J connectivity index is 1.29. The van der Waals surface area contributed by atoms with Gasteiger partial charge in [-0.25, -0.2) is 0 Å². The molecule has 2 unspecified atom stereocenters. The summed E-state index contributed by atoms with van der Waals surface area (Å²) in [7, 11) is 1.72. The number of fused-ring (bicyclic) bond motifs is 3. The fourth-order valence-corrected chi connectivity index (χ4v) is 6.69. The summed E-state index contributed by atoms with van der Waals surface area (Å²) in [6.07, 6.45) is 14.3. The molecule has 0 N–H and O–H groups in total. The Morgan fingerprint density at radius 3 is 2.43 bits per heavy atom. The van der Waals surface area contributed by atoms with Gasteiger partial charge in [-0.15, -0.1) is 0 Å². The Morgan fingerprint density at radius 2 is 1.71 bits per heavy atom. The number of nitrogens with zero attached hydrogens (tertiary/aromatic N) is 2. The first-order valence-corrected chi connectivity index (χ1v) is 13.7. The molecule has 2 saturated heterocycles. The van der Waals surface area contributed by atoms with Crippen LogP contribution in [0.1, 0.15) is 80.6 Å². The summed E-state index contributed by atoms with van der Waals surface area (Å²) in [4.78, 5) is 16.2. The summed E-state index contributed by atoms with van der Waals surface area (Å²) in [6.45, 7) is 4.35. The molecule has 3 heterocycles. The van der Waals surface area contributed by atoms with E-state index in [1.807, 2.05) is 48.5 Å². The summed E-state index contributed by atoms with van der Waals surface area (Å²) in [5, 5.41) is 0.978. The average molecular weight is 473 g/mol. The van der Waals surface area contributed by atoms with Crippen LogP contribution < -0.4 is 4.74 Å². The summed E-state index contributed by atoms with van der Waals surface area (Å²) in [5.41, 5.74) is 2.53. The second kappa shape index (κ2) is 11.0. The second-order valence-corrected chi connectivity index (χ2v) is 10.6. The zero-order valence-corrected chi connectivity index (χ0v) is 21.4. The van der Waals surface area contributed by atoms with E-state index < -0.39 is 0 Å². The first-order valence-electron chi connectivity index (χ1n) is 13.7. The van der Waals surface area contributed by atoms with Gasteiger partial charge < -0.3 is 9.30 Å². The number of hydrogen-bond donors (Lipinski definition) is 0. The lowest BCUT2D eigenvalue weighted by Gasteiger charge is -2.39. The van der Waals surface area contributed by atoms with Gasteiger partial charge in [0.1, 0.15) is 5.75 Å². The number of rotatable bonds is 11. The van der Waals surface area contributed by atoms with E-state index in [2.05, 4.69) is 22.6 Å². The molecular formula is C31H40N2O2. The quantitative estimate of drug-likeness (QED) is 0.221. The number of ether oxygens (including phenoxy) is 1. The minimum atomic E-state index is 0.0748. The number of ketones is 1. The van der Waals surface area contributed by atoms with Crippen molar-refractivity contribution >= 4 is 16.7 Å². The number of carbonyl (C=O) groups excluding carboxylic acids is 1. The largest absolute Gasteiger partial charge is 0.495 e. The van der Waals surface area contributed by atoms with Crippen LogP contribution in [0.25, 0.3) is 10.9 Å². The van der Waals surface area contributed by atoms with Crippen molar-refractivity contribution in [3.8, 4) is 5.75 Å². The van der Waals surface area contributed by atoms with E-state index in [4.69, 9.17) is 4.74 Å². The van der Waals surface area contributed by atoms with Crippen LogP contribution in [0, 0.1) is 5.92 Å². The topological polar surface area (TPSA) is 34.5 Å². The van der Waals surface area contributed by atoms with Crippen molar-refractivity contribution < 1.29 is 9.53 Å². The highest BCUT2D eigenvalue weighted by Gasteiger charge is 2.39. The monoisotopic (exact) mass is 472 g/mol. The molecular weight excluding hydrogens is 432 g/mol. The summed E-state index contributed by atoms with van der Waals surface area (Å²) >= 11 is 0. The van der Waals surface area contributed by atoms with Crippen molar-refractivity contribution in [3.05, 3.63) is 65.9 Å². The van der Waals surface area contributed by atoms with Crippen LogP contribution in [0.5, 0.6) is 5.75 Å². The van der Waals surface area contributed by atoms with Crippen molar-refractivity contribution in [3.63, 3.8) is 0 Å². The second-order valence-electron chi connectivity index (χ2n) is 10.6. The fourth-order valence-electron chi connectivity index (χ4n) is 6.69. The first-order chi connectivity index (χ1) is 17.2. The molecule has 2 aliphatic heterocycles. The zero-order valence-electron chi connectivity index (χ0n) is 21.4. The van der Waals surface area contributed by atoms with E-state index in [1.165, 1.54) is 51.4 Å². The van der Waals surface area contributed by atoms with Crippen molar-refractivity contribution in [2.45, 2.75) is 83.3 Å². The summed E-state index contributed by atoms with van der Waals surface area (Å²) in [5.74, 6) is 1.85. The Labute approximate surface area is 210 Å². The molecule has 2 aromatic carbocycles. The van der Waals surface area contributed by atoms with Crippen LogP contribution >= 0.6 is 0 Å². The van der Waals surface area contributed by atoms with E-state index >= 15 is 0 Å². The maximum Gasteiger partial charge on any atom is 0.195 e. The van der Waals surface area contributed by atoms with E-state index in [0.717, 1.165) is 65.3 Å². The number of methoxy groups -OCH3 is 1. The van der Waals surface area contributed by atoms with Crippen molar-refractivity contribution in [2.75, 3.05) is 13.7 Å². The molecule has 2 bridgehead atoms. The van der Waals surface area contributed by atoms with Gasteiger partial charge in [0.15, 0.2) is 5.78 Å². The van der Waals surface area contributed by atoms with Crippen LogP contribution in [0.4, 0.5) is 0 Å². The van der Waals surface area contributed by atoms with E-state index in [1.54, 1.807) is 7.11 Å². The third-order valence-corrected chi connectivity index (χ3v) is 8.38. The number of aromatic nitrogens is 1. The highest BCUT2D eigenvalue weighted by atomic mass is 16.5. The maximum atomic E-state index is 13.4. The molecule has 0 saturated carbocycles. The Kier molecular flexibility index (Phi) is 7.57. The van der Waals surface area contributed by atoms with E-state index in [9.17, 15) is 4.79 Å². The molecule has 2 aliphatic rings. The van der Waals surface area contributed by atoms with E-state index in [-0.39, 0.29) is 5.78 Å². The predicted molar refractivity (Wildman–Crippen MR) is 143 cm³/mol. The summed E-state index contributed by atoms with van der Waals surface area (Å²) in [6, 6.07) is 17.2. The third-order valence-electron chi connectivity index (χ3n) is 8.38. The van der Waals surface area contributed by atoms with Gasteiger partial charge in [-0.3, -0.25) is 9.69 Å². The SMILES string of the molecule is CCCCCC1CC2CCC(C1)N2CCCn1cc(C(=O)c2ccccc2)c2cccc(OC)c21. The Morgan fingerprint density at radius 1 is 0.943 bits per heavy atom. The number of unbranched alkanes of at least 4 members (excludes halogenated alkanes) is 2. The normalized spacial score (nSPS) is 22.1. The van der Waals surface area contributed by atoms with Crippen LogP contribution in [-0.2, 0) is 6.54 Å². The van der Waals surface area contributed by atoms with Gasteiger partial charge in [0.05, 0.1) is 12.6 Å². The predicted octanol–water partition coefficient (Wildman–Crippen LogP) is 7.09. The number of benzene rings is 2. The number of aryl methyl sites for hydroxylation is 1. The molecule has 4 nitrogen and oxygen atoms in total. The highest BCUT2D eigenvalue weighted by molar-refractivity contribution is 6.17. The molecule has 0 aliphatic carbocycles. The molecule has 5 rings (SSSR count). The molecule has 4 heteroatoms. The van der Waals surface area contributed by atoms with Crippen LogP contribution in [0.15, 0.2) is 54.7 Å². The van der Waals surface area contributed by atoms with Gasteiger partial charge in [0.25, 0.3) is 0 Å². The van der Waals surface area contributed by atoms with Gasteiger partial charge in [0.2, 0.25) is 0 Å². The lowest BCUT2D eigenvalue weighted by molar-refractivity contribution is 0.0966. The number of hydrogen-bond acceptors (Lipinski definition) is 3. The molecule has 1 aromatic heterocycles. The molecule has 0 radical (unpaired) electrons. The lowest BCUT2D eigenvalue weighted by atomic mass is 9.86. The Bertz CT molecular complexity index is 1120. The average Bonchev–Trinajstić information content (AvgIpc) is 3.37. The Hall–Kier alpha value is -2.59. The molecule has 2 fully saturated rings. The lowest BCUT2D eigenvalue weighted by Crippen LogP contribution is -2.43. The van der Waals surface area contributed by atoms with Crippen LogP contribution in [-0.4, -0.2) is 41.0 Å². The molecule has 0 spiro atoms. The van der Waals surface area contributed by atoms with Crippen LogP contribution in [0.2, 0.25) is 0 Å². The van der Waals surface area contributed by atoms with Crippen molar-refractivity contribution in [1.29, 1.82) is 0 Å². The van der Waals surface area contributed by atoms with Gasteiger partial charge >= 0.3 is 0 Å². The molecule has 2 atom stereocenters. The van der Waals surface area contributed by atoms with Gasteiger partial charge in [-0.2, -0.15) is 0 Å². The zero-order chi connectivity index (χ0) is 24.2. The smallest absolute Gasteiger partial charge is 0.195 e. The highest BCUT2D eigenvalue weighted by Crippen LogP contribution is 2.40. The number of piperidine rings is 1.